The van der Waals surface area contributed by atoms with Crippen molar-refractivity contribution in [2.75, 3.05) is 19.8 Å². The summed E-state index contributed by atoms with van der Waals surface area (Å²) in [5.74, 6) is -0.312. The van der Waals surface area contributed by atoms with E-state index in [4.69, 9.17) is 0 Å². The molecule has 1 rings (SSSR count). The quantitative estimate of drug-likeness (QED) is 0.899. The number of rotatable bonds is 5. The SMILES string of the molecule is Cc1cc(C)c([C@H](C)NC(=O)CN(C)S(C)(=O)=O)cc1C. The average Bonchev–Trinajstić information content (AvgIpc) is 2.32. The number of aryl methyl sites for hydroxylation is 3. The number of sulfonamides is 1. The van der Waals surface area contributed by atoms with E-state index in [1.807, 2.05) is 20.8 Å². The zero-order chi connectivity index (χ0) is 16.4. The minimum atomic E-state index is -3.35. The van der Waals surface area contributed by atoms with Crippen LogP contribution in [-0.2, 0) is 14.8 Å². The Hall–Kier alpha value is -1.40. The lowest BCUT2D eigenvalue weighted by Gasteiger charge is -2.20. The van der Waals surface area contributed by atoms with E-state index in [9.17, 15) is 13.2 Å². The fourth-order valence-corrected chi connectivity index (χ4v) is 2.49. The molecule has 0 aliphatic heterocycles. The zero-order valence-electron chi connectivity index (χ0n) is 13.5. The predicted octanol–water partition coefficient (Wildman–Crippen LogP) is 1.68. The highest BCUT2D eigenvalue weighted by molar-refractivity contribution is 7.88. The van der Waals surface area contributed by atoms with Crippen LogP contribution in [0.2, 0.25) is 0 Å². The van der Waals surface area contributed by atoms with Crippen LogP contribution in [-0.4, -0.2) is 38.5 Å². The van der Waals surface area contributed by atoms with Gasteiger partial charge in [0.15, 0.2) is 0 Å². The molecule has 6 heteroatoms. The van der Waals surface area contributed by atoms with Gasteiger partial charge in [0.25, 0.3) is 0 Å². The molecule has 0 saturated heterocycles. The highest BCUT2D eigenvalue weighted by Gasteiger charge is 2.18. The van der Waals surface area contributed by atoms with Crippen LogP contribution in [0.25, 0.3) is 0 Å². The Kier molecular flexibility index (Phi) is 5.53. The van der Waals surface area contributed by atoms with Crippen LogP contribution in [0.15, 0.2) is 12.1 Å². The number of carbonyl (C=O) groups is 1. The van der Waals surface area contributed by atoms with Crippen LogP contribution >= 0.6 is 0 Å². The number of amides is 1. The molecule has 0 aliphatic carbocycles. The summed E-state index contributed by atoms with van der Waals surface area (Å²) in [4.78, 5) is 11.9. The summed E-state index contributed by atoms with van der Waals surface area (Å²) in [6, 6.07) is 4.00. The van der Waals surface area contributed by atoms with Crippen LogP contribution in [0, 0.1) is 20.8 Å². The van der Waals surface area contributed by atoms with E-state index in [1.54, 1.807) is 0 Å². The van der Waals surface area contributed by atoms with E-state index in [0.29, 0.717) is 0 Å². The summed E-state index contributed by atoms with van der Waals surface area (Å²) in [5, 5.41) is 2.84. The Morgan fingerprint density at radius 1 is 1.19 bits per heavy atom. The van der Waals surface area contributed by atoms with Crippen molar-refractivity contribution in [2.24, 2.45) is 0 Å². The van der Waals surface area contributed by atoms with Gasteiger partial charge in [0.2, 0.25) is 15.9 Å². The van der Waals surface area contributed by atoms with Crippen molar-refractivity contribution in [3.63, 3.8) is 0 Å². The second kappa shape index (κ2) is 6.58. The lowest BCUT2D eigenvalue weighted by Crippen LogP contribution is -2.38. The summed E-state index contributed by atoms with van der Waals surface area (Å²) in [6.45, 7) is 7.82. The van der Waals surface area contributed by atoms with Gasteiger partial charge in [-0.25, -0.2) is 8.42 Å². The Morgan fingerprint density at radius 3 is 2.24 bits per heavy atom. The molecule has 1 N–H and O–H groups in total. The van der Waals surface area contributed by atoms with Crippen LogP contribution in [0.5, 0.6) is 0 Å². The Morgan fingerprint density at radius 2 is 1.71 bits per heavy atom. The molecule has 1 aromatic carbocycles. The molecule has 0 radical (unpaired) electrons. The van der Waals surface area contributed by atoms with Gasteiger partial charge in [-0.2, -0.15) is 4.31 Å². The Labute approximate surface area is 127 Å². The van der Waals surface area contributed by atoms with Crippen molar-refractivity contribution in [1.29, 1.82) is 0 Å². The first-order valence-electron chi connectivity index (χ1n) is 6.80. The van der Waals surface area contributed by atoms with E-state index in [-0.39, 0.29) is 18.5 Å². The summed E-state index contributed by atoms with van der Waals surface area (Å²) < 4.78 is 23.6. The molecule has 118 valence electrons. The van der Waals surface area contributed by atoms with Crippen LogP contribution < -0.4 is 5.32 Å². The van der Waals surface area contributed by atoms with E-state index in [1.165, 1.54) is 18.2 Å². The molecule has 1 aromatic rings. The third-order valence-electron chi connectivity index (χ3n) is 3.66. The molecule has 0 unspecified atom stereocenters. The Bertz CT molecular complexity index is 639. The summed E-state index contributed by atoms with van der Waals surface area (Å²) in [5.41, 5.74) is 4.55. The first kappa shape index (κ1) is 17.7. The van der Waals surface area contributed by atoms with E-state index >= 15 is 0 Å². The smallest absolute Gasteiger partial charge is 0.235 e. The number of nitrogens with zero attached hydrogens (tertiary/aromatic N) is 1. The Balaban J connectivity index is 2.80. The van der Waals surface area contributed by atoms with Crippen LogP contribution in [0.3, 0.4) is 0 Å². The van der Waals surface area contributed by atoms with Crippen molar-refractivity contribution in [3.05, 3.63) is 34.4 Å². The molecule has 0 aliphatic rings. The summed E-state index contributed by atoms with van der Waals surface area (Å²) >= 11 is 0. The molecule has 0 aromatic heterocycles. The van der Waals surface area contributed by atoms with Gasteiger partial charge in [0, 0.05) is 7.05 Å². The minimum absolute atomic E-state index is 0.162. The molecule has 0 spiro atoms. The van der Waals surface area contributed by atoms with E-state index in [0.717, 1.165) is 21.7 Å². The number of hydrogen-bond donors (Lipinski definition) is 1. The maximum absolute atomic E-state index is 11.9. The van der Waals surface area contributed by atoms with Gasteiger partial charge in [0.1, 0.15) is 0 Å². The standard InChI is InChI=1S/C15H24N2O3S/c1-10-7-12(3)14(8-11(10)2)13(4)16-15(18)9-17(5)21(6,19)20/h7-8,13H,9H2,1-6H3,(H,16,18)/t13-/m0/s1. The second-order valence-electron chi connectivity index (χ2n) is 5.60. The molecule has 1 atom stereocenters. The third kappa shape index (κ3) is 4.82. The highest BCUT2D eigenvalue weighted by Crippen LogP contribution is 2.21. The number of carbonyl (C=O) groups excluding carboxylic acids is 1. The number of likely N-dealkylation sites (N-methyl/N-ethyl adjacent to an activating group) is 1. The van der Waals surface area contributed by atoms with Gasteiger partial charge in [-0.05, 0) is 49.9 Å². The van der Waals surface area contributed by atoms with Gasteiger partial charge in [0.05, 0.1) is 18.8 Å². The van der Waals surface area contributed by atoms with Crippen LogP contribution in [0.4, 0.5) is 0 Å². The molecule has 0 saturated carbocycles. The fourth-order valence-electron chi connectivity index (χ4n) is 2.13. The highest BCUT2D eigenvalue weighted by atomic mass is 32.2. The van der Waals surface area contributed by atoms with Crippen molar-refractivity contribution < 1.29 is 13.2 Å². The molecule has 0 bridgehead atoms. The van der Waals surface area contributed by atoms with Crippen LogP contribution in [0.1, 0.15) is 35.2 Å². The monoisotopic (exact) mass is 312 g/mol. The van der Waals surface area contributed by atoms with E-state index in [2.05, 4.69) is 24.4 Å². The maximum Gasteiger partial charge on any atom is 0.235 e. The molecule has 0 heterocycles. The lowest BCUT2D eigenvalue weighted by atomic mass is 9.96. The zero-order valence-corrected chi connectivity index (χ0v) is 14.3. The van der Waals surface area contributed by atoms with Crippen molar-refractivity contribution in [1.82, 2.24) is 9.62 Å². The van der Waals surface area contributed by atoms with Crippen molar-refractivity contribution >= 4 is 15.9 Å². The first-order chi connectivity index (χ1) is 9.52. The summed E-state index contributed by atoms with van der Waals surface area (Å²) in [6.07, 6.45) is 1.08. The molecule has 5 nitrogen and oxygen atoms in total. The minimum Gasteiger partial charge on any atom is -0.348 e. The van der Waals surface area contributed by atoms with Gasteiger partial charge < -0.3 is 5.32 Å². The average molecular weight is 312 g/mol. The number of hydrogen-bond acceptors (Lipinski definition) is 3. The molecule has 1 amide bonds. The first-order valence-corrected chi connectivity index (χ1v) is 8.65. The molecule has 0 fully saturated rings. The van der Waals surface area contributed by atoms with E-state index < -0.39 is 10.0 Å². The van der Waals surface area contributed by atoms with Crippen molar-refractivity contribution in [3.8, 4) is 0 Å². The lowest BCUT2D eigenvalue weighted by molar-refractivity contribution is -0.121. The number of benzene rings is 1. The molecular formula is C15H24N2O3S. The molecule has 21 heavy (non-hydrogen) atoms. The maximum atomic E-state index is 11.9. The fraction of sp³-hybridized carbons (Fsp3) is 0.533. The molecular weight excluding hydrogens is 288 g/mol. The van der Waals surface area contributed by atoms with Gasteiger partial charge >= 0.3 is 0 Å². The number of nitrogens with one attached hydrogen (secondary N) is 1. The van der Waals surface area contributed by atoms with Gasteiger partial charge in [-0.1, -0.05) is 12.1 Å². The van der Waals surface area contributed by atoms with Gasteiger partial charge in [-0.15, -0.1) is 0 Å². The van der Waals surface area contributed by atoms with Crippen molar-refractivity contribution in [2.45, 2.75) is 33.7 Å². The predicted molar refractivity (Wildman–Crippen MR) is 84.7 cm³/mol. The third-order valence-corrected chi connectivity index (χ3v) is 4.92. The normalized spacial score (nSPS) is 13.3. The largest absolute Gasteiger partial charge is 0.348 e. The topological polar surface area (TPSA) is 66.5 Å². The second-order valence-corrected chi connectivity index (χ2v) is 7.69. The summed E-state index contributed by atoms with van der Waals surface area (Å²) in [7, 11) is -1.96. The van der Waals surface area contributed by atoms with Gasteiger partial charge in [-0.3, -0.25) is 4.79 Å².